The van der Waals surface area contributed by atoms with E-state index in [1.807, 2.05) is 25.1 Å². The fraction of sp³-hybridized carbons (Fsp3) is 0.462. The molecule has 100 valence electrons. The van der Waals surface area contributed by atoms with Gasteiger partial charge in [0, 0.05) is 18.2 Å². The lowest BCUT2D eigenvalue weighted by Gasteiger charge is -2.15. The molecule has 5 nitrogen and oxygen atoms in total. The van der Waals surface area contributed by atoms with Crippen molar-refractivity contribution in [2.45, 2.75) is 25.9 Å². The first-order chi connectivity index (χ1) is 8.62. The van der Waals surface area contributed by atoms with Gasteiger partial charge in [0.25, 0.3) is 0 Å². The number of rotatable bonds is 7. The standard InChI is InChI=1S/C13H20N2O3/c1-4-11(13(14)16)15-8-9-5-6-10(17-2)7-12(9)18-3/h5-7,11,15H,4,8H2,1-3H3,(H2,14,16). The summed E-state index contributed by atoms with van der Waals surface area (Å²) in [7, 11) is 3.20. The average molecular weight is 252 g/mol. The van der Waals surface area contributed by atoms with E-state index < -0.39 is 0 Å². The van der Waals surface area contributed by atoms with E-state index >= 15 is 0 Å². The Morgan fingerprint density at radius 2 is 2.11 bits per heavy atom. The Morgan fingerprint density at radius 3 is 2.61 bits per heavy atom. The Labute approximate surface area is 107 Å². The Balaban J connectivity index is 2.75. The van der Waals surface area contributed by atoms with Gasteiger partial charge < -0.3 is 20.5 Å². The van der Waals surface area contributed by atoms with Crippen LogP contribution in [0.4, 0.5) is 0 Å². The third-order valence-electron chi connectivity index (χ3n) is 2.78. The van der Waals surface area contributed by atoms with Crippen molar-refractivity contribution < 1.29 is 14.3 Å². The number of hydrogen-bond donors (Lipinski definition) is 2. The summed E-state index contributed by atoms with van der Waals surface area (Å²) in [6, 6.07) is 5.24. The Bertz CT molecular complexity index is 407. The summed E-state index contributed by atoms with van der Waals surface area (Å²) in [4.78, 5) is 11.1. The summed E-state index contributed by atoms with van der Waals surface area (Å²) in [6.07, 6.45) is 0.661. The Morgan fingerprint density at radius 1 is 1.39 bits per heavy atom. The second kappa shape index (κ2) is 6.86. The highest BCUT2D eigenvalue weighted by Gasteiger charge is 2.13. The second-order valence-electron chi connectivity index (χ2n) is 3.92. The molecule has 0 saturated heterocycles. The number of hydrogen-bond acceptors (Lipinski definition) is 4. The van der Waals surface area contributed by atoms with E-state index in [-0.39, 0.29) is 11.9 Å². The SMILES string of the molecule is CCC(NCc1ccc(OC)cc1OC)C(N)=O. The highest BCUT2D eigenvalue weighted by molar-refractivity contribution is 5.79. The highest BCUT2D eigenvalue weighted by Crippen LogP contribution is 2.24. The van der Waals surface area contributed by atoms with Gasteiger partial charge in [-0.2, -0.15) is 0 Å². The third kappa shape index (κ3) is 3.63. The zero-order chi connectivity index (χ0) is 13.5. The van der Waals surface area contributed by atoms with E-state index in [9.17, 15) is 4.79 Å². The smallest absolute Gasteiger partial charge is 0.234 e. The molecule has 5 heteroatoms. The summed E-state index contributed by atoms with van der Waals surface area (Å²) in [5.41, 5.74) is 6.23. The van der Waals surface area contributed by atoms with E-state index in [0.29, 0.717) is 13.0 Å². The molecule has 0 aliphatic carbocycles. The lowest BCUT2D eigenvalue weighted by Crippen LogP contribution is -2.40. The molecular formula is C13H20N2O3. The van der Waals surface area contributed by atoms with Crippen LogP contribution in [0.5, 0.6) is 11.5 Å². The Hall–Kier alpha value is -1.75. The first-order valence-electron chi connectivity index (χ1n) is 5.86. The molecule has 1 atom stereocenters. The van der Waals surface area contributed by atoms with Crippen LogP contribution in [0, 0.1) is 0 Å². The van der Waals surface area contributed by atoms with Crippen LogP contribution in [0.2, 0.25) is 0 Å². The largest absolute Gasteiger partial charge is 0.497 e. The van der Waals surface area contributed by atoms with Crippen LogP contribution >= 0.6 is 0 Å². The monoisotopic (exact) mass is 252 g/mol. The first-order valence-corrected chi connectivity index (χ1v) is 5.86. The molecule has 0 aromatic heterocycles. The number of carbonyl (C=O) groups is 1. The fourth-order valence-electron chi connectivity index (χ4n) is 1.68. The topological polar surface area (TPSA) is 73.6 Å². The van der Waals surface area contributed by atoms with Gasteiger partial charge in [0.1, 0.15) is 11.5 Å². The van der Waals surface area contributed by atoms with Gasteiger partial charge in [0.05, 0.1) is 20.3 Å². The van der Waals surface area contributed by atoms with Crippen molar-refractivity contribution in [2.24, 2.45) is 5.73 Å². The molecule has 0 aliphatic rings. The van der Waals surface area contributed by atoms with Crippen molar-refractivity contribution in [3.63, 3.8) is 0 Å². The van der Waals surface area contributed by atoms with Gasteiger partial charge in [0.15, 0.2) is 0 Å². The molecule has 0 bridgehead atoms. The van der Waals surface area contributed by atoms with Crippen molar-refractivity contribution in [3.05, 3.63) is 23.8 Å². The van der Waals surface area contributed by atoms with Crippen LogP contribution in [0.25, 0.3) is 0 Å². The maximum absolute atomic E-state index is 11.1. The molecule has 0 heterocycles. The van der Waals surface area contributed by atoms with Crippen LogP contribution in [0.15, 0.2) is 18.2 Å². The number of amides is 1. The number of benzene rings is 1. The van der Waals surface area contributed by atoms with Crippen LogP contribution < -0.4 is 20.5 Å². The molecule has 3 N–H and O–H groups in total. The first kappa shape index (κ1) is 14.3. The van der Waals surface area contributed by atoms with Crippen molar-refractivity contribution in [2.75, 3.05) is 14.2 Å². The minimum absolute atomic E-state index is 0.322. The van der Waals surface area contributed by atoms with Gasteiger partial charge in [-0.1, -0.05) is 13.0 Å². The predicted molar refractivity (Wildman–Crippen MR) is 69.7 cm³/mol. The lowest BCUT2D eigenvalue weighted by atomic mass is 10.1. The van der Waals surface area contributed by atoms with Crippen molar-refractivity contribution in [1.29, 1.82) is 0 Å². The number of nitrogens with one attached hydrogen (secondary N) is 1. The van der Waals surface area contributed by atoms with Crippen LogP contribution in [-0.4, -0.2) is 26.2 Å². The predicted octanol–water partition coefficient (Wildman–Crippen LogP) is 1.06. The van der Waals surface area contributed by atoms with Gasteiger partial charge in [-0.05, 0) is 12.5 Å². The number of primary amides is 1. The fourth-order valence-corrected chi connectivity index (χ4v) is 1.68. The van der Waals surface area contributed by atoms with E-state index in [4.69, 9.17) is 15.2 Å². The summed E-state index contributed by atoms with van der Waals surface area (Å²) >= 11 is 0. The van der Waals surface area contributed by atoms with Gasteiger partial charge in [0.2, 0.25) is 5.91 Å². The van der Waals surface area contributed by atoms with E-state index in [0.717, 1.165) is 17.1 Å². The van der Waals surface area contributed by atoms with Crippen LogP contribution in [0.1, 0.15) is 18.9 Å². The van der Waals surface area contributed by atoms with E-state index in [1.165, 1.54) is 0 Å². The number of nitrogens with two attached hydrogens (primary N) is 1. The average Bonchev–Trinajstić information content (AvgIpc) is 2.39. The number of methoxy groups -OCH3 is 2. The van der Waals surface area contributed by atoms with E-state index in [1.54, 1.807) is 14.2 Å². The third-order valence-corrected chi connectivity index (χ3v) is 2.78. The molecule has 0 radical (unpaired) electrons. The zero-order valence-corrected chi connectivity index (χ0v) is 11.0. The molecule has 1 aromatic carbocycles. The summed E-state index contributed by atoms with van der Waals surface area (Å²) in [6.45, 7) is 2.43. The van der Waals surface area contributed by atoms with Gasteiger partial charge in [-0.3, -0.25) is 4.79 Å². The minimum atomic E-state index is -0.343. The van der Waals surface area contributed by atoms with Crippen LogP contribution in [0.3, 0.4) is 0 Å². The summed E-state index contributed by atoms with van der Waals surface area (Å²) < 4.78 is 10.4. The minimum Gasteiger partial charge on any atom is -0.497 e. The van der Waals surface area contributed by atoms with Gasteiger partial charge >= 0.3 is 0 Å². The molecule has 1 rings (SSSR count). The summed E-state index contributed by atoms with van der Waals surface area (Å²) in [5, 5.41) is 3.10. The molecular weight excluding hydrogens is 232 g/mol. The molecule has 0 spiro atoms. The van der Waals surface area contributed by atoms with Crippen molar-refractivity contribution in [1.82, 2.24) is 5.32 Å². The van der Waals surface area contributed by atoms with Crippen LogP contribution in [-0.2, 0) is 11.3 Å². The van der Waals surface area contributed by atoms with Crippen molar-refractivity contribution >= 4 is 5.91 Å². The van der Waals surface area contributed by atoms with Gasteiger partial charge in [-0.25, -0.2) is 0 Å². The maximum atomic E-state index is 11.1. The normalized spacial score (nSPS) is 11.9. The van der Waals surface area contributed by atoms with Crippen molar-refractivity contribution in [3.8, 4) is 11.5 Å². The molecule has 1 unspecified atom stereocenters. The molecule has 1 amide bonds. The molecule has 1 aromatic rings. The van der Waals surface area contributed by atoms with E-state index in [2.05, 4.69) is 5.32 Å². The zero-order valence-electron chi connectivity index (χ0n) is 11.0. The van der Waals surface area contributed by atoms with Gasteiger partial charge in [-0.15, -0.1) is 0 Å². The summed E-state index contributed by atoms with van der Waals surface area (Å²) in [5.74, 6) is 1.11. The Kier molecular flexibility index (Phi) is 5.45. The number of ether oxygens (including phenoxy) is 2. The molecule has 18 heavy (non-hydrogen) atoms. The molecule has 0 aliphatic heterocycles. The lowest BCUT2D eigenvalue weighted by molar-refractivity contribution is -0.120. The highest BCUT2D eigenvalue weighted by atomic mass is 16.5. The quantitative estimate of drug-likeness (QED) is 0.761. The maximum Gasteiger partial charge on any atom is 0.234 e. The molecule has 0 fully saturated rings. The molecule has 0 saturated carbocycles. The number of carbonyl (C=O) groups excluding carboxylic acids is 1. The second-order valence-corrected chi connectivity index (χ2v) is 3.92.